The van der Waals surface area contributed by atoms with Crippen LogP contribution in [0.2, 0.25) is 0 Å². The molecule has 0 unspecified atom stereocenters. The van der Waals surface area contributed by atoms with Crippen LogP contribution >= 0.6 is 0 Å². The summed E-state index contributed by atoms with van der Waals surface area (Å²) in [6.45, 7) is 8.27. The normalized spacial score (nSPS) is 17.9. The molecule has 154 valence electrons. The van der Waals surface area contributed by atoms with E-state index in [2.05, 4.69) is 64.1 Å². The Kier molecular flexibility index (Phi) is 3.78. The first-order valence-electron chi connectivity index (χ1n) is 10.6. The Labute approximate surface area is 180 Å². The highest BCUT2D eigenvalue weighted by atomic mass is 16.7. The minimum absolute atomic E-state index is 0.444. The van der Waals surface area contributed by atoms with Gasteiger partial charge in [0.25, 0.3) is 0 Å². The van der Waals surface area contributed by atoms with Gasteiger partial charge in [-0.25, -0.2) is 0 Å². The molecule has 0 radical (unpaired) electrons. The monoisotopic (exact) mass is 410 g/mol. The van der Waals surface area contributed by atoms with Gasteiger partial charge in [0.05, 0.1) is 17.5 Å². The number of hydrogen-bond acceptors (Lipinski definition) is 4. The van der Waals surface area contributed by atoms with E-state index < -0.39 is 18.3 Å². The van der Waals surface area contributed by atoms with Crippen LogP contribution in [0.3, 0.4) is 0 Å². The van der Waals surface area contributed by atoms with Crippen molar-refractivity contribution < 1.29 is 18.1 Å². The van der Waals surface area contributed by atoms with Crippen LogP contribution < -0.4 is 5.46 Å². The number of furan rings is 2. The Bertz CT molecular complexity index is 1440. The van der Waals surface area contributed by atoms with E-state index in [9.17, 15) is 0 Å². The van der Waals surface area contributed by atoms with Crippen molar-refractivity contribution in [2.45, 2.75) is 38.9 Å². The molecule has 0 amide bonds. The second-order valence-electron chi connectivity index (χ2n) is 9.30. The van der Waals surface area contributed by atoms with Crippen molar-refractivity contribution in [3.8, 4) is 11.3 Å². The average Bonchev–Trinajstić information content (AvgIpc) is 3.39. The van der Waals surface area contributed by atoms with Gasteiger partial charge in [-0.15, -0.1) is 0 Å². The van der Waals surface area contributed by atoms with Crippen molar-refractivity contribution >= 4 is 45.3 Å². The van der Waals surface area contributed by atoms with Gasteiger partial charge in [-0.2, -0.15) is 0 Å². The third-order valence-electron chi connectivity index (χ3n) is 6.80. The Morgan fingerprint density at radius 1 is 0.710 bits per heavy atom. The molecule has 5 aromatic rings. The van der Waals surface area contributed by atoms with Gasteiger partial charge in [0.2, 0.25) is 0 Å². The Morgan fingerprint density at radius 3 is 2.16 bits per heavy atom. The van der Waals surface area contributed by atoms with Gasteiger partial charge in [0.15, 0.2) is 0 Å². The number of fused-ring (bicyclic) bond motifs is 3. The maximum atomic E-state index is 6.47. The Hall–Kier alpha value is -3.02. The highest BCUT2D eigenvalue weighted by molar-refractivity contribution is 6.67. The zero-order chi connectivity index (χ0) is 21.4. The van der Waals surface area contributed by atoms with Gasteiger partial charge in [-0.3, -0.25) is 0 Å². The van der Waals surface area contributed by atoms with Crippen LogP contribution in [0, 0.1) is 0 Å². The molecule has 5 heteroatoms. The van der Waals surface area contributed by atoms with Crippen molar-refractivity contribution in [1.82, 2.24) is 0 Å². The summed E-state index contributed by atoms with van der Waals surface area (Å²) in [5.74, 6) is 0.752. The summed E-state index contributed by atoms with van der Waals surface area (Å²) in [6, 6.07) is 20.6. The molecule has 0 spiro atoms. The first kappa shape index (κ1) is 18.7. The second-order valence-corrected chi connectivity index (χ2v) is 9.30. The zero-order valence-corrected chi connectivity index (χ0v) is 18.1. The molecule has 1 aliphatic heterocycles. The maximum absolute atomic E-state index is 6.47. The molecular weight excluding hydrogens is 387 g/mol. The molecule has 1 saturated heterocycles. The van der Waals surface area contributed by atoms with Gasteiger partial charge in [-0.1, -0.05) is 36.4 Å². The van der Waals surface area contributed by atoms with Gasteiger partial charge >= 0.3 is 7.12 Å². The van der Waals surface area contributed by atoms with Crippen LogP contribution in [-0.4, -0.2) is 18.3 Å². The Balaban J connectivity index is 1.63. The van der Waals surface area contributed by atoms with Crippen molar-refractivity contribution in [2.75, 3.05) is 0 Å². The first-order valence-corrected chi connectivity index (χ1v) is 10.6. The van der Waals surface area contributed by atoms with E-state index >= 15 is 0 Å². The zero-order valence-electron chi connectivity index (χ0n) is 18.1. The maximum Gasteiger partial charge on any atom is 0.499 e. The highest BCUT2D eigenvalue weighted by Gasteiger charge is 2.53. The largest absolute Gasteiger partial charge is 0.499 e. The van der Waals surface area contributed by atoms with Crippen LogP contribution in [0.5, 0.6) is 0 Å². The lowest BCUT2D eigenvalue weighted by Gasteiger charge is -2.32. The smallest absolute Gasteiger partial charge is 0.464 e. The summed E-state index contributed by atoms with van der Waals surface area (Å²) in [5.41, 5.74) is 2.61. The molecule has 0 saturated carbocycles. The van der Waals surface area contributed by atoms with Crippen LogP contribution in [0.15, 0.2) is 75.8 Å². The number of benzene rings is 3. The lowest BCUT2D eigenvalue weighted by Crippen LogP contribution is -2.41. The van der Waals surface area contributed by atoms with E-state index in [4.69, 9.17) is 18.1 Å². The van der Waals surface area contributed by atoms with E-state index in [0.717, 1.165) is 49.5 Å². The molecule has 3 aromatic carbocycles. The van der Waals surface area contributed by atoms with Gasteiger partial charge in [0, 0.05) is 21.8 Å². The molecule has 1 aliphatic rings. The molecule has 2 aromatic heterocycles. The molecular formula is C26H23BO4. The van der Waals surface area contributed by atoms with E-state index in [1.165, 1.54) is 0 Å². The summed E-state index contributed by atoms with van der Waals surface area (Å²) < 4.78 is 25.0. The molecule has 0 N–H and O–H groups in total. The average molecular weight is 410 g/mol. The van der Waals surface area contributed by atoms with E-state index in [1.807, 2.05) is 24.3 Å². The molecule has 6 rings (SSSR count). The minimum Gasteiger partial charge on any atom is -0.464 e. The van der Waals surface area contributed by atoms with E-state index in [0.29, 0.717) is 0 Å². The summed E-state index contributed by atoms with van der Waals surface area (Å²) in [7, 11) is -0.533. The molecule has 31 heavy (non-hydrogen) atoms. The topological polar surface area (TPSA) is 44.7 Å². The fourth-order valence-electron chi connectivity index (χ4n) is 4.31. The van der Waals surface area contributed by atoms with Crippen molar-refractivity contribution in [3.05, 3.63) is 66.9 Å². The summed E-state index contributed by atoms with van der Waals surface area (Å²) in [4.78, 5) is 0. The van der Waals surface area contributed by atoms with Crippen LogP contribution in [-0.2, 0) is 9.31 Å². The molecule has 1 fully saturated rings. The van der Waals surface area contributed by atoms with Crippen molar-refractivity contribution in [1.29, 1.82) is 0 Å². The molecule has 0 bridgehead atoms. The van der Waals surface area contributed by atoms with Crippen LogP contribution in [0.25, 0.3) is 44.0 Å². The van der Waals surface area contributed by atoms with Crippen molar-refractivity contribution in [3.63, 3.8) is 0 Å². The summed E-state index contributed by atoms with van der Waals surface area (Å²) in [6.07, 6.45) is 1.70. The summed E-state index contributed by atoms with van der Waals surface area (Å²) in [5, 5.41) is 4.35. The fraction of sp³-hybridized carbons (Fsp3) is 0.231. The lowest BCUT2D eigenvalue weighted by atomic mass is 9.75. The SMILES string of the molecule is CC1(C)OB(c2c(-c3ccc4ccoc4c3)oc3cc4ccccc4cc23)OC1(C)C. The van der Waals surface area contributed by atoms with Gasteiger partial charge in [0.1, 0.15) is 16.9 Å². The molecule has 0 aliphatic carbocycles. The van der Waals surface area contributed by atoms with E-state index in [1.54, 1.807) is 6.26 Å². The van der Waals surface area contributed by atoms with Crippen LogP contribution in [0.4, 0.5) is 0 Å². The second kappa shape index (κ2) is 6.25. The van der Waals surface area contributed by atoms with Gasteiger partial charge in [-0.05, 0) is 62.7 Å². The van der Waals surface area contributed by atoms with Gasteiger partial charge < -0.3 is 18.1 Å². The molecule has 3 heterocycles. The highest BCUT2D eigenvalue weighted by Crippen LogP contribution is 2.39. The third-order valence-corrected chi connectivity index (χ3v) is 6.80. The Morgan fingerprint density at radius 2 is 1.42 bits per heavy atom. The lowest BCUT2D eigenvalue weighted by molar-refractivity contribution is 0.00578. The predicted octanol–water partition coefficient (Wildman–Crippen LogP) is 6.30. The third kappa shape index (κ3) is 2.77. The summed E-state index contributed by atoms with van der Waals surface area (Å²) >= 11 is 0. The molecule has 4 nitrogen and oxygen atoms in total. The number of rotatable bonds is 2. The quantitative estimate of drug-likeness (QED) is 0.321. The standard InChI is InChI=1S/C26H23BO4/c1-25(2)26(3,4)31-27(30-25)23-20-13-17-7-5-6-8-18(17)14-22(20)29-24(23)19-10-9-16-11-12-28-21(16)15-19/h5-15H,1-4H3. The first-order chi connectivity index (χ1) is 14.8. The van der Waals surface area contributed by atoms with Crippen LogP contribution in [0.1, 0.15) is 27.7 Å². The fourth-order valence-corrected chi connectivity index (χ4v) is 4.31. The van der Waals surface area contributed by atoms with Crippen molar-refractivity contribution in [2.24, 2.45) is 0 Å². The number of hydrogen-bond donors (Lipinski definition) is 0. The van der Waals surface area contributed by atoms with E-state index in [-0.39, 0.29) is 0 Å². The molecule has 0 atom stereocenters. The predicted molar refractivity (Wildman–Crippen MR) is 125 cm³/mol. The minimum atomic E-state index is -0.533.